The first-order valence-corrected chi connectivity index (χ1v) is 9.89. The molecule has 0 saturated heterocycles. The lowest BCUT2D eigenvalue weighted by atomic mass is 9.80. The van der Waals surface area contributed by atoms with E-state index in [0.717, 1.165) is 30.5 Å². The predicted molar refractivity (Wildman–Crippen MR) is 107 cm³/mol. The number of ether oxygens (including phenoxy) is 1. The molecule has 0 bridgehead atoms. The van der Waals surface area contributed by atoms with Crippen molar-refractivity contribution in [2.24, 2.45) is 5.92 Å². The molecule has 0 amide bonds. The molecule has 6 nitrogen and oxygen atoms in total. The zero-order valence-electron chi connectivity index (χ0n) is 15.8. The van der Waals surface area contributed by atoms with Crippen molar-refractivity contribution in [3.05, 3.63) is 54.5 Å². The van der Waals surface area contributed by atoms with Crippen LogP contribution in [-0.2, 0) is 0 Å². The fraction of sp³-hybridized carbons (Fsp3) is 0.318. The van der Waals surface area contributed by atoms with Crippen LogP contribution in [0.1, 0.15) is 31.4 Å². The predicted octanol–water partition coefficient (Wildman–Crippen LogP) is 4.34. The fourth-order valence-electron chi connectivity index (χ4n) is 4.20. The van der Waals surface area contributed by atoms with E-state index < -0.39 is 6.17 Å². The van der Waals surface area contributed by atoms with Gasteiger partial charge in [-0.25, -0.2) is 9.07 Å². The van der Waals surface area contributed by atoms with E-state index in [0.29, 0.717) is 35.7 Å². The zero-order chi connectivity index (χ0) is 19.8. The Morgan fingerprint density at radius 2 is 2.03 bits per heavy atom. The van der Waals surface area contributed by atoms with Crippen molar-refractivity contribution in [2.75, 3.05) is 6.61 Å². The first-order chi connectivity index (χ1) is 14.2. The third-order valence-corrected chi connectivity index (χ3v) is 5.68. The molecule has 1 aliphatic carbocycles. The minimum atomic E-state index is -0.846. The second-order valence-electron chi connectivity index (χ2n) is 7.47. The summed E-state index contributed by atoms with van der Waals surface area (Å²) in [6.45, 7) is 0.390. The first-order valence-electron chi connectivity index (χ1n) is 9.89. The second-order valence-corrected chi connectivity index (χ2v) is 7.47. The number of fused-ring (bicyclic) bond motifs is 1. The van der Waals surface area contributed by atoms with E-state index in [1.165, 1.54) is 0 Å². The molecule has 1 aromatic carbocycles. The van der Waals surface area contributed by atoms with Crippen molar-refractivity contribution in [1.29, 1.82) is 0 Å². The maximum absolute atomic E-state index is 14.5. The van der Waals surface area contributed by atoms with Crippen LogP contribution in [0, 0.1) is 5.92 Å². The Bertz CT molecular complexity index is 1060. The number of nitrogens with zero attached hydrogens (tertiary/aromatic N) is 4. The van der Waals surface area contributed by atoms with Crippen molar-refractivity contribution in [1.82, 2.24) is 20.0 Å². The SMILES string of the molecule is Oc1cc(-n2cccn2)ccc1-c1cc2c(nn1)C([C@@H]1CCCC[C@@H]1F)=CCO2. The smallest absolute Gasteiger partial charge is 0.149 e. The van der Waals surface area contributed by atoms with Gasteiger partial charge in [-0.15, -0.1) is 10.2 Å². The molecule has 3 aromatic rings. The van der Waals surface area contributed by atoms with Crippen molar-refractivity contribution < 1.29 is 14.2 Å². The molecule has 0 spiro atoms. The number of allylic oxidation sites excluding steroid dienone is 1. The van der Waals surface area contributed by atoms with Gasteiger partial charge in [0.05, 0.1) is 5.69 Å². The van der Waals surface area contributed by atoms with Crippen molar-refractivity contribution >= 4 is 5.57 Å². The van der Waals surface area contributed by atoms with Crippen LogP contribution in [0.15, 0.2) is 48.8 Å². The van der Waals surface area contributed by atoms with Gasteiger partial charge < -0.3 is 9.84 Å². The van der Waals surface area contributed by atoms with E-state index in [4.69, 9.17) is 4.74 Å². The Kier molecular flexibility index (Phi) is 4.50. The second kappa shape index (κ2) is 7.31. The summed E-state index contributed by atoms with van der Waals surface area (Å²) < 4.78 is 21.9. The molecule has 1 N–H and O–H groups in total. The highest BCUT2D eigenvalue weighted by Gasteiger charge is 2.32. The number of phenols is 1. The van der Waals surface area contributed by atoms with E-state index >= 15 is 0 Å². The third-order valence-electron chi connectivity index (χ3n) is 5.68. The fourth-order valence-corrected chi connectivity index (χ4v) is 4.20. The topological polar surface area (TPSA) is 73.1 Å². The molecule has 5 rings (SSSR count). The van der Waals surface area contributed by atoms with Gasteiger partial charge in [0.15, 0.2) is 0 Å². The summed E-state index contributed by atoms with van der Waals surface area (Å²) in [5.74, 6) is 0.518. The number of phenolic OH excluding ortho intramolecular Hbond substituents is 1. The zero-order valence-corrected chi connectivity index (χ0v) is 15.8. The Balaban J connectivity index is 1.48. The van der Waals surface area contributed by atoms with Gasteiger partial charge in [-0.1, -0.05) is 12.8 Å². The summed E-state index contributed by atoms with van der Waals surface area (Å²) in [5, 5.41) is 23.4. The number of aromatic nitrogens is 4. The number of hydrogen-bond donors (Lipinski definition) is 1. The monoisotopic (exact) mass is 392 g/mol. The van der Waals surface area contributed by atoms with Gasteiger partial charge in [-0.05, 0) is 42.7 Å². The van der Waals surface area contributed by atoms with E-state index in [9.17, 15) is 9.50 Å². The molecule has 2 aliphatic rings. The minimum absolute atomic E-state index is 0.0786. The first kappa shape index (κ1) is 17.8. The molecule has 1 fully saturated rings. The van der Waals surface area contributed by atoms with E-state index in [-0.39, 0.29) is 11.7 Å². The molecule has 148 valence electrons. The summed E-state index contributed by atoms with van der Waals surface area (Å²) in [4.78, 5) is 0. The molecule has 3 heterocycles. The van der Waals surface area contributed by atoms with Crippen LogP contribution in [0.2, 0.25) is 0 Å². The summed E-state index contributed by atoms with van der Waals surface area (Å²) in [6, 6.07) is 8.85. The van der Waals surface area contributed by atoms with E-state index in [2.05, 4.69) is 15.3 Å². The molecule has 0 radical (unpaired) electrons. The lowest BCUT2D eigenvalue weighted by molar-refractivity contribution is 0.203. The maximum atomic E-state index is 14.5. The molecule has 0 unspecified atom stereocenters. The van der Waals surface area contributed by atoms with Crippen LogP contribution in [0.5, 0.6) is 11.5 Å². The molecule has 29 heavy (non-hydrogen) atoms. The van der Waals surface area contributed by atoms with Gasteiger partial charge in [0, 0.05) is 36.0 Å². The largest absolute Gasteiger partial charge is 0.507 e. The Labute approximate surface area is 167 Å². The Morgan fingerprint density at radius 1 is 1.14 bits per heavy atom. The van der Waals surface area contributed by atoms with Gasteiger partial charge >= 0.3 is 0 Å². The normalized spacial score (nSPS) is 21.2. The molecule has 1 aliphatic heterocycles. The molecule has 7 heteroatoms. The number of rotatable bonds is 3. The van der Waals surface area contributed by atoms with Crippen molar-refractivity contribution in [3.63, 3.8) is 0 Å². The summed E-state index contributed by atoms with van der Waals surface area (Å²) >= 11 is 0. The van der Waals surface area contributed by atoms with Gasteiger partial charge in [0.25, 0.3) is 0 Å². The quantitative estimate of drug-likeness (QED) is 0.718. The van der Waals surface area contributed by atoms with Gasteiger partial charge in [0.2, 0.25) is 0 Å². The number of alkyl halides is 1. The van der Waals surface area contributed by atoms with E-state index in [1.54, 1.807) is 35.3 Å². The van der Waals surface area contributed by atoms with Crippen LogP contribution in [0.25, 0.3) is 22.5 Å². The standard InChI is InChI=1S/C22H21FN4O2/c23-18-5-2-1-4-15(18)16-8-11-29-21-13-19(25-26-22(16)21)17-7-6-14(12-20(17)28)27-10-3-9-24-27/h3,6-10,12-13,15,18,28H,1-2,4-5,11H2/t15-,18-/m0/s1. The third kappa shape index (κ3) is 3.26. The number of hydrogen-bond acceptors (Lipinski definition) is 5. The van der Waals surface area contributed by atoms with Crippen molar-refractivity contribution in [3.8, 4) is 28.4 Å². The summed E-state index contributed by atoms with van der Waals surface area (Å²) in [6.07, 6.45) is 7.95. The average molecular weight is 392 g/mol. The van der Waals surface area contributed by atoms with Crippen LogP contribution >= 0.6 is 0 Å². The molecular weight excluding hydrogens is 371 g/mol. The summed E-state index contributed by atoms with van der Waals surface area (Å²) in [7, 11) is 0. The van der Waals surface area contributed by atoms with Crippen LogP contribution in [0.4, 0.5) is 4.39 Å². The van der Waals surface area contributed by atoms with Gasteiger partial charge in [-0.2, -0.15) is 5.10 Å². The number of benzene rings is 1. The lowest BCUT2D eigenvalue weighted by Crippen LogP contribution is -2.24. The van der Waals surface area contributed by atoms with Gasteiger partial charge in [0.1, 0.15) is 35.7 Å². The highest BCUT2D eigenvalue weighted by molar-refractivity contribution is 5.75. The molecule has 2 aromatic heterocycles. The molecule has 2 atom stereocenters. The van der Waals surface area contributed by atoms with E-state index in [1.807, 2.05) is 18.2 Å². The molecule has 1 saturated carbocycles. The lowest BCUT2D eigenvalue weighted by Gasteiger charge is -2.30. The highest BCUT2D eigenvalue weighted by Crippen LogP contribution is 2.42. The minimum Gasteiger partial charge on any atom is -0.507 e. The molecular formula is C22H21FN4O2. The van der Waals surface area contributed by atoms with Crippen LogP contribution in [-0.4, -0.2) is 37.9 Å². The Hall–Kier alpha value is -3.22. The van der Waals surface area contributed by atoms with Crippen LogP contribution in [0.3, 0.4) is 0 Å². The Morgan fingerprint density at radius 3 is 2.83 bits per heavy atom. The number of halogens is 1. The van der Waals surface area contributed by atoms with Crippen LogP contribution < -0.4 is 4.74 Å². The number of aromatic hydroxyl groups is 1. The average Bonchev–Trinajstić information content (AvgIpc) is 3.28. The van der Waals surface area contributed by atoms with Gasteiger partial charge in [-0.3, -0.25) is 0 Å². The summed E-state index contributed by atoms with van der Waals surface area (Å²) in [5.41, 5.74) is 3.32. The maximum Gasteiger partial charge on any atom is 0.149 e. The highest BCUT2D eigenvalue weighted by atomic mass is 19.1. The van der Waals surface area contributed by atoms with Crippen molar-refractivity contribution in [2.45, 2.75) is 31.9 Å².